The molecule has 25 heavy (non-hydrogen) atoms. The van der Waals surface area contributed by atoms with Crippen LogP contribution in [0.1, 0.15) is 28.4 Å². The minimum absolute atomic E-state index is 0.00701. The van der Waals surface area contributed by atoms with E-state index in [1.165, 1.54) is 37.4 Å². The molecular weight excluding hydrogens is 341 g/mol. The van der Waals surface area contributed by atoms with Gasteiger partial charge in [0.25, 0.3) is 5.97 Å². The second kappa shape index (κ2) is 8.13. The molecule has 0 aliphatic carbocycles. The number of aliphatic carboxylic acids is 1. The number of alkyl halides is 3. The molecule has 0 radical (unpaired) electrons. The zero-order valence-electron chi connectivity index (χ0n) is 13.3. The van der Waals surface area contributed by atoms with E-state index in [0.29, 0.717) is 0 Å². The Hall–Kier alpha value is -3.10. The first-order valence-corrected chi connectivity index (χ1v) is 6.85. The number of rotatable bonds is 3. The number of pyridine rings is 1. The van der Waals surface area contributed by atoms with Crippen LogP contribution in [0.3, 0.4) is 0 Å². The molecule has 0 bridgehead atoms. The number of anilines is 2. The van der Waals surface area contributed by atoms with Crippen molar-refractivity contribution < 1.29 is 33.0 Å². The van der Waals surface area contributed by atoms with Crippen LogP contribution in [0.15, 0.2) is 36.5 Å². The van der Waals surface area contributed by atoms with Gasteiger partial charge in [-0.25, -0.2) is 9.78 Å². The number of nitrogens with one attached hydrogen (secondary N) is 1. The molecule has 2 aromatic rings. The molecule has 1 heterocycles. The molecule has 9 heteroatoms. The average Bonchev–Trinajstić information content (AvgIpc) is 2.48. The summed E-state index contributed by atoms with van der Waals surface area (Å²) in [6.45, 7) is 2.40. The van der Waals surface area contributed by atoms with Gasteiger partial charge in [0, 0.05) is 18.8 Å². The van der Waals surface area contributed by atoms with Crippen LogP contribution in [0, 0.1) is 6.92 Å². The quantitative estimate of drug-likeness (QED) is 0.770. The number of carbonyl (C=O) groups is 2. The molecule has 2 rings (SSSR count). The third kappa shape index (κ3) is 5.79. The Kier molecular flexibility index (Phi) is 6.49. The Morgan fingerprint density at radius 3 is 2.24 bits per heavy atom. The summed E-state index contributed by atoms with van der Waals surface area (Å²) in [7, 11) is 0. The third-order valence-corrected chi connectivity index (χ3v) is 2.93. The maximum absolute atomic E-state index is 12.8. The summed E-state index contributed by atoms with van der Waals surface area (Å²) in [4.78, 5) is 23.9. The summed E-state index contributed by atoms with van der Waals surface area (Å²) in [5, 5.41) is 19.1. The summed E-state index contributed by atoms with van der Waals surface area (Å²) in [6.07, 6.45) is -3.11. The van der Waals surface area contributed by atoms with Crippen LogP contribution in [0.5, 0.6) is 0 Å². The van der Waals surface area contributed by atoms with E-state index in [9.17, 15) is 18.0 Å². The van der Waals surface area contributed by atoms with Crippen LogP contribution in [0.2, 0.25) is 0 Å². The second-order valence-electron chi connectivity index (χ2n) is 4.82. The third-order valence-electron chi connectivity index (χ3n) is 2.93. The highest BCUT2D eigenvalue weighted by molar-refractivity contribution is 5.94. The SMILES string of the molecule is CC(=O)O.Cc1c(Nc2ncccc2C(=O)O)cccc1C(F)(F)F. The number of aromatic nitrogens is 1. The van der Waals surface area contributed by atoms with Crippen LogP contribution in [-0.4, -0.2) is 27.1 Å². The number of hydrogen-bond donors (Lipinski definition) is 3. The normalized spacial score (nSPS) is 10.4. The van der Waals surface area contributed by atoms with E-state index in [0.717, 1.165) is 13.0 Å². The number of benzene rings is 1. The van der Waals surface area contributed by atoms with E-state index >= 15 is 0 Å². The van der Waals surface area contributed by atoms with Crippen LogP contribution >= 0.6 is 0 Å². The monoisotopic (exact) mass is 356 g/mol. The summed E-state index contributed by atoms with van der Waals surface area (Å²) >= 11 is 0. The maximum Gasteiger partial charge on any atom is 0.416 e. The second-order valence-corrected chi connectivity index (χ2v) is 4.82. The molecule has 1 aromatic carbocycles. The van der Waals surface area contributed by atoms with Gasteiger partial charge in [-0.3, -0.25) is 4.79 Å². The van der Waals surface area contributed by atoms with Gasteiger partial charge in [0.2, 0.25) is 0 Å². The molecule has 0 spiro atoms. The minimum atomic E-state index is -4.47. The summed E-state index contributed by atoms with van der Waals surface area (Å²) < 4.78 is 38.5. The van der Waals surface area contributed by atoms with Crippen molar-refractivity contribution in [2.45, 2.75) is 20.0 Å². The fourth-order valence-electron chi connectivity index (χ4n) is 1.88. The number of carboxylic acids is 2. The van der Waals surface area contributed by atoms with E-state index in [1.54, 1.807) is 0 Å². The van der Waals surface area contributed by atoms with Crippen LogP contribution in [-0.2, 0) is 11.0 Å². The number of hydrogen-bond acceptors (Lipinski definition) is 4. The van der Waals surface area contributed by atoms with E-state index in [4.69, 9.17) is 15.0 Å². The van der Waals surface area contributed by atoms with Gasteiger partial charge in [0.15, 0.2) is 0 Å². The fraction of sp³-hybridized carbons (Fsp3) is 0.188. The molecule has 0 saturated carbocycles. The lowest BCUT2D eigenvalue weighted by atomic mass is 10.1. The molecule has 0 saturated heterocycles. The largest absolute Gasteiger partial charge is 0.481 e. The first-order chi connectivity index (χ1) is 11.5. The van der Waals surface area contributed by atoms with Crippen molar-refractivity contribution in [2.24, 2.45) is 0 Å². The maximum atomic E-state index is 12.8. The summed E-state index contributed by atoms with van der Waals surface area (Å²) in [5.74, 6) is -2.05. The molecule has 0 aliphatic rings. The van der Waals surface area contributed by atoms with Gasteiger partial charge in [-0.1, -0.05) is 6.07 Å². The standard InChI is InChI=1S/C14H11F3N2O2.C2H4O2/c1-8-10(14(15,16)17)5-2-6-11(8)19-12-9(13(20)21)4-3-7-18-12;1-2(3)4/h2-7H,1H3,(H,18,19)(H,20,21);1H3,(H,3,4). The van der Waals surface area contributed by atoms with Crippen molar-refractivity contribution in [1.82, 2.24) is 4.98 Å². The van der Waals surface area contributed by atoms with Gasteiger partial charge in [0.1, 0.15) is 11.4 Å². The van der Waals surface area contributed by atoms with Crippen LogP contribution in [0.25, 0.3) is 0 Å². The zero-order chi connectivity index (χ0) is 19.2. The van der Waals surface area contributed by atoms with Crippen molar-refractivity contribution in [1.29, 1.82) is 0 Å². The Labute approximate surface area is 140 Å². The van der Waals surface area contributed by atoms with Crippen molar-refractivity contribution in [3.05, 3.63) is 53.2 Å². The highest BCUT2D eigenvalue weighted by Crippen LogP contribution is 2.35. The first-order valence-electron chi connectivity index (χ1n) is 6.85. The summed E-state index contributed by atoms with van der Waals surface area (Å²) in [6, 6.07) is 6.41. The van der Waals surface area contributed by atoms with Gasteiger partial charge >= 0.3 is 12.1 Å². The van der Waals surface area contributed by atoms with E-state index in [2.05, 4.69) is 10.3 Å². The van der Waals surface area contributed by atoms with Crippen LogP contribution in [0.4, 0.5) is 24.7 Å². The Morgan fingerprint density at radius 1 is 1.12 bits per heavy atom. The minimum Gasteiger partial charge on any atom is -0.481 e. The number of aromatic carboxylic acids is 1. The van der Waals surface area contributed by atoms with Crippen molar-refractivity contribution >= 4 is 23.4 Å². The molecule has 0 fully saturated rings. The van der Waals surface area contributed by atoms with E-state index < -0.39 is 23.7 Å². The fourth-order valence-corrected chi connectivity index (χ4v) is 1.88. The molecule has 0 unspecified atom stereocenters. The Bertz CT molecular complexity index is 772. The molecule has 0 atom stereocenters. The van der Waals surface area contributed by atoms with Crippen molar-refractivity contribution in [2.75, 3.05) is 5.32 Å². The molecule has 0 aliphatic heterocycles. The number of halogens is 3. The van der Waals surface area contributed by atoms with Gasteiger partial charge in [-0.05, 0) is 36.8 Å². The number of nitrogens with zero attached hydrogens (tertiary/aromatic N) is 1. The highest BCUT2D eigenvalue weighted by atomic mass is 19.4. The van der Waals surface area contributed by atoms with Gasteiger partial charge in [-0.2, -0.15) is 13.2 Å². The Balaban J connectivity index is 0.000000705. The van der Waals surface area contributed by atoms with E-state index in [-0.39, 0.29) is 22.6 Å². The average molecular weight is 356 g/mol. The molecule has 134 valence electrons. The topological polar surface area (TPSA) is 99.5 Å². The lowest BCUT2D eigenvalue weighted by molar-refractivity contribution is -0.138. The molecule has 0 amide bonds. The first kappa shape index (κ1) is 19.9. The van der Waals surface area contributed by atoms with Crippen molar-refractivity contribution in [3.8, 4) is 0 Å². The molecule has 1 aromatic heterocycles. The van der Waals surface area contributed by atoms with Gasteiger partial charge in [0.05, 0.1) is 5.56 Å². The van der Waals surface area contributed by atoms with Gasteiger partial charge < -0.3 is 15.5 Å². The van der Waals surface area contributed by atoms with Gasteiger partial charge in [-0.15, -0.1) is 0 Å². The highest BCUT2D eigenvalue weighted by Gasteiger charge is 2.33. The van der Waals surface area contributed by atoms with E-state index in [1.807, 2.05) is 0 Å². The number of carboxylic acid groups (broad SMARTS) is 2. The lowest BCUT2D eigenvalue weighted by Crippen LogP contribution is -2.10. The predicted molar refractivity (Wildman–Crippen MR) is 84.0 cm³/mol. The van der Waals surface area contributed by atoms with Crippen molar-refractivity contribution in [3.63, 3.8) is 0 Å². The predicted octanol–water partition coefficient (Wildman–Crippen LogP) is 3.94. The molecule has 3 N–H and O–H groups in total. The molecular formula is C16H15F3N2O4. The summed E-state index contributed by atoms with van der Waals surface area (Å²) in [5.41, 5.74) is -0.757. The zero-order valence-corrected chi connectivity index (χ0v) is 13.3. The van der Waals surface area contributed by atoms with Crippen LogP contribution < -0.4 is 5.32 Å². The lowest BCUT2D eigenvalue weighted by Gasteiger charge is -2.15. The molecule has 6 nitrogen and oxygen atoms in total. The smallest absolute Gasteiger partial charge is 0.416 e. The Morgan fingerprint density at radius 2 is 1.72 bits per heavy atom.